The largest absolute Gasteiger partial charge is 0.497 e. The number of ether oxygens (including phenoxy) is 1. The molecule has 0 radical (unpaired) electrons. The Balaban J connectivity index is 1.95. The first-order valence-electron chi connectivity index (χ1n) is 6.70. The smallest absolute Gasteiger partial charge is 0.131 e. The predicted molar refractivity (Wildman–Crippen MR) is 78.9 cm³/mol. The number of benzene rings is 2. The third kappa shape index (κ3) is 2.18. The lowest BCUT2D eigenvalue weighted by molar-refractivity contribution is 0.410. The summed E-state index contributed by atoms with van der Waals surface area (Å²) in [7, 11) is 1.53. The van der Waals surface area contributed by atoms with Crippen molar-refractivity contribution in [3.63, 3.8) is 0 Å². The molecule has 1 unspecified atom stereocenters. The van der Waals surface area contributed by atoms with Crippen LogP contribution >= 0.6 is 11.6 Å². The molecule has 2 aromatic carbocycles. The molecule has 0 spiro atoms. The minimum atomic E-state index is -0.351. The summed E-state index contributed by atoms with van der Waals surface area (Å²) in [4.78, 5) is 0. The second-order valence-corrected chi connectivity index (χ2v) is 5.71. The molecule has 0 bridgehead atoms. The Kier molecular flexibility index (Phi) is 3.43. The fourth-order valence-corrected chi connectivity index (χ4v) is 3.25. The van der Waals surface area contributed by atoms with Gasteiger partial charge in [0.1, 0.15) is 11.6 Å². The van der Waals surface area contributed by atoms with Crippen LogP contribution in [-0.2, 0) is 5.41 Å². The molecule has 20 heavy (non-hydrogen) atoms. The molecular weight excluding hydrogens is 275 g/mol. The second kappa shape index (κ2) is 5.10. The molecular formula is C17H16ClFO. The predicted octanol–water partition coefficient (Wildman–Crippen LogP) is 4.85. The van der Waals surface area contributed by atoms with Gasteiger partial charge >= 0.3 is 0 Å². The van der Waals surface area contributed by atoms with Crippen molar-refractivity contribution in [3.05, 3.63) is 65.5 Å². The SMILES string of the molecule is COc1ccc(C(Cl)C2(c3ccccc3)CC2)c(F)c1. The molecule has 104 valence electrons. The lowest BCUT2D eigenvalue weighted by atomic mass is 9.88. The lowest BCUT2D eigenvalue weighted by Gasteiger charge is -2.23. The van der Waals surface area contributed by atoms with Crippen molar-refractivity contribution in [1.29, 1.82) is 0 Å². The van der Waals surface area contributed by atoms with E-state index in [1.54, 1.807) is 12.1 Å². The van der Waals surface area contributed by atoms with Gasteiger partial charge in [0.25, 0.3) is 0 Å². The highest BCUT2D eigenvalue weighted by molar-refractivity contribution is 6.22. The molecule has 1 saturated carbocycles. The quantitative estimate of drug-likeness (QED) is 0.732. The van der Waals surface area contributed by atoms with Gasteiger partial charge in [0.2, 0.25) is 0 Å². The normalized spacial score (nSPS) is 17.6. The lowest BCUT2D eigenvalue weighted by Crippen LogP contribution is -2.15. The van der Waals surface area contributed by atoms with Gasteiger partial charge in [-0.1, -0.05) is 36.4 Å². The van der Waals surface area contributed by atoms with Crippen LogP contribution < -0.4 is 4.74 Å². The molecule has 3 heteroatoms. The van der Waals surface area contributed by atoms with Crippen molar-refractivity contribution in [2.45, 2.75) is 23.6 Å². The molecule has 0 N–H and O–H groups in total. The van der Waals surface area contributed by atoms with Gasteiger partial charge in [0.05, 0.1) is 12.5 Å². The van der Waals surface area contributed by atoms with Gasteiger partial charge in [-0.25, -0.2) is 4.39 Å². The van der Waals surface area contributed by atoms with Gasteiger partial charge in [-0.2, -0.15) is 0 Å². The van der Waals surface area contributed by atoms with Crippen molar-refractivity contribution in [1.82, 2.24) is 0 Å². The minimum absolute atomic E-state index is 0.127. The maximum Gasteiger partial charge on any atom is 0.131 e. The number of alkyl halides is 1. The second-order valence-electron chi connectivity index (χ2n) is 5.27. The Morgan fingerprint density at radius 1 is 1.15 bits per heavy atom. The highest BCUT2D eigenvalue weighted by Crippen LogP contribution is 2.59. The first kappa shape index (κ1) is 13.4. The average Bonchev–Trinajstić information content (AvgIpc) is 3.29. The van der Waals surface area contributed by atoms with Crippen LogP contribution in [0.1, 0.15) is 29.3 Å². The Labute approximate surface area is 123 Å². The van der Waals surface area contributed by atoms with Crippen molar-refractivity contribution < 1.29 is 9.13 Å². The van der Waals surface area contributed by atoms with E-state index in [4.69, 9.17) is 16.3 Å². The van der Waals surface area contributed by atoms with Crippen LogP contribution in [0.25, 0.3) is 0 Å². The average molecular weight is 291 g/mol. The molecule has 0 saturated heterocycles. The molecule has 2 aromatic rings. The summed E-state index contributed by atoms with van der Waals surface area (Å²) in [6, 6.07) is 15.0. The van der Waals surface area contributed by atoms with Gasteiger partial charge in [-0.3, -0.25) is 0 Å². The zero-order valence-electron chi connectivity index (χ0n) is 11.3. The fraction of sp³-hybridized carbons (Fsp3) is 0.294. The molecule has 0 heterocycles. The van der Waals surface area contributed by atoms with Crippen molar-refractivity contribution in [3.8, 4) is 5.75 Å². The number of hydrogen-bond acceptors (Lipinski definition) is 1. The van der Waals surface area contributed by atoms with E-state index in [2.05, 4.69) is 12.1 Å². The molecule has 0 aromatic heterocycles. The van der Waals surface area contributed by atoms with Gasteiger partial charge in [-0.15, -0.1) is 11.6 Å². The van der Waals surface area contributed by atoms with Gasteiger partial charge in [0, 0.05) is 17.0 Å². The first-order valence-corrected chi connectivity index (χ1v) is 7.14. The molecule has 1 aliphatic carbocycles. The van der Waals surface area contributed by atoms with Gasteiger partial charge in [0.15, 0.2) is 0 Å². The van der Waals surface area contributed by atoms with Crippen LogP contribution in [-0.4, -0.2) is 7.11 Å². The highest BCUT2D eigenvalue weighted by atomic mass is 35.5. The first-order chi connectivity index (χ1) is 9.67. The summed E-state index contributed by atoms with van der Waals surface area (Å²) in [5.41, 5.74) is 1.61. The number of halogens is 2. The molecule has 1 nitrogen and oxygen atoms in total. The zero-order valence-corrected chi connectivity index (χ0v) is 12.0. The summed E-state index contributed by atoms with van der Waals surface area (Å²) >= 11 is 6.61. The van der Waals surface area contributed by atoms with Crippen LogP contribution in [0.4, 0.5) is 4.39 Å². The van der Waals surface area contributed by atoms with Crippen molar-refractivity contribution in [2.75, 3.05) is 7.11 Å². The van der Waals surface area contributed by atoms with E-state index in [1.807, 2.05) is 18.2 Å². The van der Waals surface area contributed by atoms with E-state index in [0.29, 0.717) is 11.3 Å². The standard InChI is InChI=1S/C17H16ClFO/c1-20-13-7-8-14(15(19)11-13)16(18)17(9-10-17)12-5-3-2-4-6-12/h2-8,11,16H,9-10H2,1H3. The highest BCUT2D eigenvalue weighted by Gasteiger charge is 2.51. The summed E-state index contributed by atoms with van der Waals surface area (Å²) in [6.45, 7) is 0. The maximum atomic E-state index is 14.2. The van der Waals surface area contributed by atoms with E-state index in [-0.39, 0.29) is 16.6 Å². The number of hydrogen-bond donors (Lipinski definition) is 0. The number of rotatable bonds is 4. The van der Waals surface area contributed by atoms with E-state index < -0.39 is 0 Å². The van der Waals surface area contributed by atoms with Crippen LogP contribution in [0.3, 0.4) is 0 Å². The van der Waals surface area contributed by atoms with E-state index in [0.717, 1.165) is 12.8 Å². The van der Waals surface area contributed by atoms with Gasteiger partial charge in [-0.05, 0) is 24.5 Å². The molecule has 1 aliphatic rings. The third-order valence-corrected chi connectivity index (χ3v) is 4.76. The van der Waals surface area contributed by atoms with Crippen LogP contribution in [0, 0.1) is 5.82 Å². The Morgan fingerprint density at radius 2 is 1.85 bits per heavy atom. The van der Waals surface area contributed by atoms with E-state index in [1.165, 1.54) is 18.7 Å². The molecule has 0 aliphatic heterocycles. The molecule has 3 rings (SSSR count). The number of methoxy groups -OCH3 is 1. The molecule has 1 atom stereocenters. The maximum absolute atomic E-state index is 14.2. The topological polar surface area (TPSA) is 9.23 Å². The third-order valence-electron chi connectivity index (χ3n) is 4.10. The Hall–Kier alpha value is -1.54. The van der Waals surface area contributed by atoms with E-state index >= 15 is 0 Å². The monoisotopic (exact) mass is 290 g/mol. The van der Waals surface area contributed by atoms with Crippen molar-refractivity contribution in [2.24, 2.45) is 0 Å². The van der Waals surface area contributed by atoms with Crippen molar-refractivity contribution >= 4 is 11.6 Å². The summed E-state index contributed by atoms with van der Waals surface area (Å²) in [5, 5.41) is -0.351. The minimum Gasteiger partial charge on any atom is -0.497 e. The van der Waals surface area contributed by atoms with Crippen LogP contribution in [0.15, 0.2) is 48.5 Å². The summed E-state index contributed by atoms with van der Waals surface area (Å²) in [5.74, 6) is 0.214. The Morgan fingerprint density at radius 3 is 2.40 bits per heavy atom. The van der Waals surface area contributed by atoms with Crippen LogP contribution in [0.2, 0.25) is 0 Å². The molecule has 1 fully saturated rings. The summed E-state index contributed by atoms with van der Waals surface area (Å²) in [6.07, 6.45) is 1.99. The zero-order chi connectivity index (χ0) is 14.2. The van der Waals surface area contributed by atoms with Crippen LogP contribution in [0.5, 0.6) is 5.75 Å². The van der Waals surface area contributed by atoms with Gasteiger partial charge < -0.3 is 4.74 Å². The van der Waals surface area contributed by atoms with E-state index in [9.17, 15) is 4.39 Å². The summed E-state index contributed by atoms with van der Waals surface area (Å²) < 4.78 is 19.2. The Bertz CT molecular complexity index is 608. The molecule has 0 amide bonds. The fourth-order valence-electron chi connectivity index (χ4n) is 2.73.